The maximum Gasteiger partial charge on any atom is -1.00 e. The van der Waals surface area contributed by atoms with Crippen molar-refractivity contribution in [1.82, 2.24) is 0 Å². The van der Waals surface area contributed by atoms with Crippen LogP contribution in [-0.2, 0) is 33.2 Å². The molecule has 0 amide bonds. The third kappa shape index (κ3) is 5.89. The fraction of sp³-hybridized carbons (Fsp3) is 0.333. The van der Waals surface area contributed by atoms with E-state index in [-0.39, 0.29) is 30.2 Å². The van der Waals surface area contributed by atoms with Crippen LogP contribution in [0.1, 0.15) is 62.8 Å². The standard InChI is InChI=1S/2C14H15.C2H6Si.2ClH.Zr/c2*1-3-12-6-4-5-7-14(12)13-9-8-11(2)10-13;1-3-2;;;/h2*4-7,10H,3,9H2,1-2H3;1-2H3;2*1H;/q;;;;;+2/p-2. The van der Waals surface area contributed by atoms with Crippen LogP contribution in [-0.4, -0.2) is 5.43 Å². The van der Waals surface area contributed by atoms with Crippen molar-refractivity contribution in [3.8, 4) is 0 Å². The maximum absolute atomic E-state index is 2.59. The van der Waals surface area contributed by atoms with Crippen molar-refractivity contribution in [1.29, 1.82) is 0 Å². The van der Waals surface area contributed by atoms with Gasteiger partial charge in [-0.1, -0.05) is 0 Å². The molecule has 0 nitrogen and oxygen atoms in total. The van der Waals surface area contributed by atoms with Gasteiger partial charge in [-0.05, 0) is 0 Å². The molecule has 0 unspecified atom stereocenters. The number of rotatable bonds is 6. The minimum Gasteiger partial charge on any atom is -1.00 e. The van der Waals surface area contributed by atoms with Crippen molar-refractivity contribution in [2.24, 2.45) is 0 Å². The normalized spacial score (nSPS) is 14.7. The second-order valence-electron chi connectivity index (χ2n) is 9.41. The summed E-state index contributed by atoms with van der Waals surface area (Å²) < 4.78 is 3.75. The molecule has 0 aromatic heterocycles. The molecular formula is C30H36Cl2SiZr. The zero-order chi connectivity index (χ0) is 22.8. The molecule has 2 aliphatic carbocycles. The Balaban J connectivity index is 0.00000204. The monoisotopic (exact) mass is 584 g/mol. The van der Waals surface area contributed by atoms with E-state index < -0.39 is 20.4 Å². The van der Waals surface area contributed by atoms with Crippen molar-refractivity contribution in [2.75, 3.05) is 0 Å². The van der Waals surface area contributed by atoms with Crippen LogP contribution < -0.4 is 24.8 Å². The molecule has 4 heteroatoms. The maximum atomic E-state index is 2.59. The molecule has 0 fully saturated rings. The quantitative estimate of drug-likeness (QED) is 0.457. The zero-order valence-corrected chi connectivity index (χ0v) is 26.3. The Morgan fingerprint density at radius 1 is 0.676 bits per heavy atom. The van der Waals surface area contributed by atoms with E-state index in [1.54, 1.807) is 22.3 Å². The van der Waals surface area contributed by atoms with E-state index in [4.69, 9.17) is 0 Å². The summed E-state index contributed by atoms with van der Waals surface area (Å²) in [7, 11) is 0. The van der Waals surface area contributed by atoms with Gasteiger partial charge >= 0.3 is 204 Å². The van der Waals surface area contributed by atoms with E-state index in [9.17, 15) is 0 Å². The Morgan fingerprint density at radius 2 is 1.06 bits per heavy atom. The van der Waals surface area contributed by atoms with Crippen LogP contribution in [0.25, 0.3) is 11.1 Å². The van der Waals surface area contributed by atoms with Gasteiger partial charge in [-0.15, -0.1) is 0 Å². The van der Waals surface area contributed by atoms with E-state index in [0.29, 0.717) is 0 Å². The summed E-state index contributed by atoms with van der Waals surface area (Å²) in [5, 5.41) is 0. The number of hydrogen-bond donors (Lipinski definition) is 0. The van der Waals surface area contributed by atoms with Crippen molar-refractivity contribution < 1.29 is 45.2 Å². The van der Waals surface area contributed by atoms with E-state index in [1.807, 2.05) is 6.56 Å². The number of halogens is 2. The molecule has 2 aliphatic rings. The van der Waals surface area contributed by atoms with Gasteiger partial charge < -0.3 is 24.8 Å². The first-order chi connectivity index (χ1) is 15.4. The number of allylic oxidation sites excluding steroid dienone is 8. The first kappa shape index (κ1) is 29.3. The van der Waals surface area contributed by atoms with E-state index in [1.165, 1.54) is 35.1 Å². The van der Waals surface area contributed by atoms with Crippen LogP contribution in [0.15, 0.2) is 78.4 Å². The third-order valence-electron chi connectivity index (χ3n) is 7.06. The van der Waals surface area contributed by atoms with Crippen LogP contribution in [0.4, 0.5) is 0 Å². The fourth-order valence-electron chi connectivity index (χ4n) is 5.45. The Bertz CT molecular complexity index is 1130. The van der Waals surface area contributed by atoms with E-state index >= 15 is 0 Å². The summed E-state index contributed by atoms with van der Waals surface area (Å²) in [5.74, 6) is 0. The Morgan fingerprint density at radius 3 is 1.41 bits per heavy atom. The number of aryl methyl sites for hydroxylation is 2. The Labute approximate surface area is 227 Å². The average Bonchev–Trinajstić information content (AvgIpc) is 3.36. The molecule has 0 saturated carbocycles. The summed E-state index contributed by atoms with van der Waals surface area (Å²) in [6.07, 6.45) is 9.68. The van der Waals surface area contributed by atoms with Crippen LogP contribution in [0.5, 0.6) is 0 Å². The zero-order valence-electron chi connectivity index (χ0n) is 21.4. The van der Waals surface area contributed by atoms with Crippen molar-refractivity contribution in [3.05, 3.63) is 101 Å². The van der Waals surface area contributed by atoms with Crippen LogP contribution in [0.3, 0.4) is 0 Å². The summed E-state index contributed by atoms with van der Waals surface area (Å²) in [4.78, 5) is 0. The Hall–Kier alpha value is -0.920. The van der Waals surface area contributed by atoms with Gasteiger partial charge in [0.05, 0.1) is 0 Å². The summed E-state index contributed by atoms with van der Waals surface area (Å²) >= 11 is -1.88. The van der Waals surface area contributed by atoms with Gasteiger partial charge in [0.25, 0.3) is 0 Å². The molecular weight excluding hydrogens is 551 g/mol. The molecule has 0 spiro atoms. The molecule has 0 saturated heterocycles. The van der Waals surface area contributed by atoms with Crippen molar-refractivity contribution >= 4 is 16.6 Å². The number of benzene rings is 2. The van der Waals surface area contributed by atoms with Gasteiger partial charge in [0.15, 0.2) is 0 Å². The smallest absolute Gasteiger partial charge is 1.00 e. The minimum atomic E-state index is -1.88. The molecule has 0 bridgehead atoms. The molecule has 178 valence electrons. The van der Waals surface area contributed by atoms with Gasteiger partial charge in [0, 0.05) is 0 Å². The number of hydrogen-bond acceptors (Lipinski definition) is 0. The molecule has 0 N–H and O–H groups in total. The minimum absolute atomic E-state index is 0. The van der Waals surface area contributed by atoms with Gasteiger partial charge in [0.1, 0.15) is 0 Å². The fourth-order valence-corrected chi connectivity index (χ4v) is 23.9. The molecule has 2 aromatic carbocycles. The summed E-state index contributed by atoms with van der Waals surface area (Å²) in [6.45, 7) is 14.5. The van der Waals surface area contributed by atoms with Crippen molar-refractivity contribution in [3.63, 3.8) is 0 Å². The largest absolute Gasteiger partial charge is 1.00 e. The molecule has 0 aliphatic heterocycles. The summed E-state index contributed by atoms with van der Waals surface area (Å²) in [6, 6.07) is 18.1. The van der Waals surface area contributed by atoms with Crippen molar-refractivity contribution in [2.45, 2.75) is 66.5 Å². The van der Waals surface area contributed by atoms with Gasteiger partial charge in [-0.2, -0.15) is 0 Å². The molecule has 2 aromatic rings. The first-order valence-electron chi connectivity index (χ1n) is 12.1. The SMILES string of the molecule is CCc1ccccc1C1=CC(C)=[C]([Zr+2]([C]2=C(C)C=C(c3ccccc3CC)C2)=[Si](C)C)C1.[Cl-].[Cl-]. The van der Waals surface area contributed by atoms with E-state index in [2.05, 4.69) is 101 Å². The third-order valence-corrected chi connectivity index (χ3v) is 24.8. The second kappa shape index (κ2) is 12.9. The van der Waals surface area contributed by atoms with Gasteiger partial charge in [-0.3, -0.25) is 0 Å². The molecule has 4 rings (SSSR count). The van der Waals surface area contributed by atoms with Crippen LogP contribution in [0, 0.1) is 0 Å². The molecule has 0 radical (unpaired) electrons. The predicted octanol–water partition coefficient (Wildman–Crippen LogP) is 2.51. The average molecular weight is 587 g/mol. The predicted molar refractivity (Wildman–Crippen MR) is 140 cm³/mol. The van der Waals surface area contributed by atoms with Crippen LogP contribution in [0.2, 0.25) is 13.1 Å². The van der Waals surface area contributed by atoms with Gasteiger partial charge in [0.2, 0.25) is 0 Å². The Kier molecular flexibility index (Phi) is 11.1. The molecule has 34 heavy (non-hydrogen) atoms. The van der Waals surface area contributed by atoms with E-state index in [0.717, 1.165) is 12.8 Å². The molecule has 0 heterocycles. The molecule has 0 atom stereocenters. The second-order valence-corrected chi connectivity index (χ2v) is 26.6. The first-order valence-corrected chi connectivity index (χ1v) is 20.7. The van der Waals surface area contributed by atoms with Crippen LogP contribution >= 0.6 is 0 Å². The topological polar surface area (TPSA) is 0 Å². The van der Waals surface area contributed by atoms with Gasteiger partial charge in [-0.25, -0.2) is 0 Å². The summed E-state index contributed by atoms with van der Waals surface area (Å²) in [5.41, 5.74) is 11.9.